The van der Waals surface area contributed by atoms with E-state index >= 15 is 0 Å². The number of nitrogens with one attached hydrogen (secondary N) is 2. The summed E-state index contributed by atoms with van der Waals surface area (Å²) in [5.74, 6) is 0.410. The zero-order valence-electron chi connectivity index (χ0n) is 10.2. The summed E-state index contributed by atoms with van der Waals surface area (Å²) in [6.07, 6.45) is 0.757. The maximum Gasteiger partial charge on any atom is 0.286 e. The summed E-state index contributed by atoms with van der Waals surface area (Å²) in [5.41, 5.74) is 0. The zero-order chi connectivity index (χ0) is 13.0. The largest absolute Gasteiger partial charge is 0.454 e. The molecule has 6 nitrogen and oxygen atoms in total. The Labute approximate surface area is 105 Å². The van der Waals surface area contributed by atoms with Gasteiger partial charge in [0, 0.05) is 13.7 Å². The van der Waals surface area contributed by atoms with Crippen LogP contribution in [0.25, 0.3) is 0 Å². The second kappa shape index (κ2) is 5.68. The van der Waals surface area contributed by atoms with Crippen LogP contribution in [-0.2, 0) is 16.1 Å². The fourth-order valence-electron chi connectivity index (χ4n) is 1.78. The summed E-state index contributed by atoms with van der Waals surface area (Å²) in [6, 6.07) is 3.26. The molecule has 0 unspecified atom stereocenters. The Morgan fingerprint density at radius 3 is 2.94 bits per heavy atom. The zero-order valence-corrected chi connectivity index (χ0v) is 10.2. The fourth-order valence-corrected chi connectivity index (χ4v) is 1.78. The first-order chi connectivity index (χ1) is 8.70. The van der Waals surface area contributed by atoms with E-state index in [0.29, 0.717) is 19.0 Å². The van der Waals surface area contributed by atoms with E-state index in [1.165, 1.54) is 7.05 Å². The van der Waals surface area contributed by atoms with Gasteiger partial charge in [-0.2, -0.15) is 0 Å². The SMILES string of the molecule is CNC(=O)c1ccc(CNC(=O)[C@@H]2CCOC2)o1. The van der Waals surface area contributed by atoms with E-state index in [9.17, 15) is 9.59 Å². The highest BCUT2D eigenvalue weighted by Crippen LogP contribution is 2.13. The van der Waals surface area contributed by atoms with Gasteiger partial charge in [0.1, 0.15) is 5.76 Å². The average molecular weight is 252 g/mol. The minimum absolute atomic E-state index is 0.0367. The topological polar surface area (TPSA) is 80.6 Å². The number of carbonyl (C=O) groups is 2. The molecule has 1 aliphatic rings. The molecule has 2 rings (SSSR count). The van der Waals surface area contributed by atoms with E-state index in [0.717, 1.165) is 6.42 Å². The molecule has 98 valence electrons. The first-order valence-corrected chi connectivity index (χ1v) is 5.87. The number of furan rings is 1. The van der Waals surface area contributed by atoms with E-state index in [4.69, 9.17) is 9.15 Å². The van der Waals surface area contributed by atoms with E-state index in [-0.39, 0.29) is 30.0 Å². The van der Waals surface area contributed by atoms with Gasteiger partial charge in [-0.3, -0.25) is 9.59 Å². The second-order valence-corrected chi connectivity index (χ2v) is 4.12. The normalized spacial score (nSPS) is 18.6. The van der Waals surface area contributed by atoms with Gasteiger partial charge in [0.2, 0.25) is 5.91 Å². The van der Waals surface area contributed by atoms with Crippen LogP contribution in [-0.4, -0.2) is 32.1 Å². The molecule has 0 aromatic carbocycles. The van der Waals surface area contributed by atoms with Gasteiger partial charge in [-0.15, -0.1) is 0 Å². The Balaban J connectivity index is 1.84. The molecule has 1 fully saturated rings. The number of rotatable bonds is 4. The summed E-state index contributed by atoms with van der Waals surface area (Å²) in [4.78, 5) is 23.0. The van der Waals surface area contributed by atoms with Gasteiger partial charge in [-0.1, -0.05) is 0 Å². The van der Waals surface area contributed by atoms with Crippen molar-refractivity contribution in [1.82, 2.24) is 10.6 Å². The average Bonchev–Trinajstić information content (AvgIpc) is 3.05. The lowest BCUT2D eigenvalue weighted by Crippen LogP contribution is -2.30. The van der Waals surface area contributed by atoms with Gasteiger partial charge in [0.05, 0.1) is 19.1 Å². The van der Waals surface area contributed by atoms with Crippen molar-refractivity contribution in [3.05, 3.63) is 23.7 Å². The minimum Gasteiger partial charge on any atom is -0.454 e. The van der Waals surface area contributed by atoms with Crippen molar-refractivity contribution < 1.29 is 18.7 Å². The Morgan fingerprint density at radius 2 is 2.28 bits per heavy atom. The molecule has 2 amide bonds. The highest BCUT2D eigenvalue weighted by Gasteiger charge is 2.23. The molecule has 1 aromatic heterocycles. The molecule has 0 spiro atoms. The van der Waals surface area contributed by atoms with Crippen molar-refractivity contribution in [2.24, 2.45) is 5.92 Å². The van der Waals surface area contributed by atoms with E-state index in [1.54, 1.807) is 12.1 Å². The summed E-state index contributed by atoms with van der Waals surface area (Å²) >= 11 is 0. The first-order valence-electron chi connectivity index (χ1n) is 5.87. The summed E-state index contributed by atoms with van der Waals surface area (Å²) in [6.45, 7) is 1.40. The molecule has 2 N–H and O–H groups in total. The number of carbonyl (C=O) groups excluding carboxylic acids is 2. The van der Waals surface area contributed by atoms with Crippen molar-refractivity contribution >= 4 is 11.8 Å². The Morgan fingerprint density at radius 1 is 1.44 bits per heavy atom. The molecule has 0 radical (unpaired) electrons. The molecule has 18 heavy (non-hydrogen) atoms. The molecule has 6 heteroatoms. The standard InChI is InChI=1S/C12H16N2O4/c1-13-12(16)10-3-2-9(18-10)6-14-11(15)8-4-5-17-7-8/h2-3,8H,4-7H2,1H3,(H,13,16)(H,14,15)/t8-/m1/s1. The van der Waals surface area contributed by atoms with Gasteiger partial charge in [0.25, 0.3) is 5.91 Å². The van der Waals surface area contributed by atoms with Gasteiger partial charge in [0.15, 0.2) is 5.76 Å². The number of ether oxygens (including phenoxy) is 1. The number of hydrogen-bond donors (Lipinski definition) is 2. The van der Waals surface area contributed by atoms with Crippen molar-refractivity contribution in [3.8, 4) is 0 Å². The third-order valence-electron chi connectivity index (χ3n) is 2.85. The van der Waals surface area contributed by atoms with E-state index in [1.807, 2.05) is 0 Å². The van der Waals surface area contributed by atoms with Crippen molar-refractivity contribution in [3.63, 3.8) is 0 Å². The van der Waals surface area contributed by atoms with E-state index in [2.05, 4.69) is 10.6 Å². The third-order valence-corrected chi connectivity index (χ3v) is 2.85. The van der Waals surface area contributed by atoms with Crippen LogP contribution in [0.2, 0.25) is 0 Å². The molecule has 2 heterocycles. The number of hydrogen-bond acceptors (Lipinski definition) is 4. The lowest BCUT2D eigenvalue weighted by Gasteiger charge is -2.07. The fraction of sp³-hybridized carbons (Fsp3) is 0.500. The monoisotopic (exact) mass is 252 g/mol. The lowest BCUT2D eigenvalue weighted by molar-refractivity contribution is -0.125. The van der Waals surface area contributed by atoms with Crippen LogP contribution in [0.4, 0.5) is 0 Å². The first kappa shape index (κ1) is 12.6. The maximum atomic E-state index is 11.7. The van der Waals surface area contributed by atoms with Crippen molar-refractivity contribution in [2.75, 3.05) is 20.3 Å². The molecular formula is C12H16N2O4. The lowest BCUT2D eigenvalue weighted by atomic mass is 10.1. The van der Waals surface area contributed by atoms with Gasteiger partial charge in [-0.25, -0.2) is 0 Å². The van der Waals surface area contributed by atoms with Crippen LogP contribution < -0.4 is 10.6 Å². The predicted octanol–water partition coefficient (Wildman–Crippen LogP) is 0.292. The molecule has 0 aliphatic carbocycles. The third kappa shape index (κ3) is 2.89. The highest BCUT2D eigenvalue weighted by molar-refractivity contribution is 5.91. The highest BCUT2D eigenvalue weighted by atomic mass is 16.5. The molecule has 1 aliphatic heterocycles. The van der Waals surface area contributed by atoms with Crippen LogP contribution >= 0.6 is 0 Å². The second-order valence-electron chi connectivity index (χ2n) is 4.12. The summed E-state index contributed by atoms with van der Waals surface area (Å²) < 4.78 is 10.4. The Bertz CT molecular complexity index is 435. The number of amides is 2. The molecule has 1 atom stereocenters. The molecule has 0 saturated carbocycles. The molecule has 1 saturated heterocycles. The molecule has 0 bridgehead atoms. The van der Waals surface area contributed by atoms with Gasteiger partial charge >= 0.3 is 0 Å². The van der Waals surface area contributed by atoms with Crippen LogP contribution in [0.5, 0.6) is 0 Å². The minimum atomic E-state index is -0.281. The van der Waals surface area contributed by atoms with E-state index < -0.39 is 0 Å². The Kier molecular flexibility index (Phi) is 3.99. The van der Waals surface area contributed by atoms with Crippen molar-refractivity contribution in [2.45, 2.75) is 13.0 Å². The van der Waals surface area contributed by atoms with Crippen LogP contribution in [0.1, 0.15) is 22.7 Å². The molecular weight excluding hydrogens is 236 g/mol. The van der Waals surface area contributed by atoms with Crippen LogP contribution in [0.15, 0.2) is 16.5 Å². The van der Waals surface area contributed by atoms with Crippen LogP contribution in [0, 0.1) is 5.92 Å². The molecule has 1 aromatic rings. The van der Waals surface area contributed by atoms with Crippen molar-refractivity contribution in [1.29, 1.82) is 0 Å². The van der Waals surface area contributed by atoms with Gasteiger partial charge < -0.3 is 19.8 Å². The quantitative estimate of drug-likeness (QED) is 0.807. The van der Waals surface area contributed by atoms with Crippen LogP contribution in [0.3, 0.4) is 0 Å². The maximum absolute atomic E-state index is 11.7. The van der Waals surface area contributed by atoms with Gasteiger partial charge in [-0.05, 0) is 18.6 Å². The summed E-state index contributed by atoms with van der Waals surface area (Å²) in [5, 5.41) is 5.23. The smallest absolute Gasteiger partial charge is 0.286 e. The predicted molar refractivity (Wildman–Crippen MR) is 62.9 cm³/mol. The summed E-state index contributed by atoms with van der Waals surface area (Å²) in [7, 11) is 1.53. The Hall–Kier alpha value is -1.82.